The highest BCUT2D eigenvalue weighted by molar-refractivity contribution is 5.99. The number of rotatable bonds is 0. The van der Waals surface area contributed by atoms with Gasteiger partial charge in [0.05, 0.1) is 5.10 Å². The second kappa shape index (κ2) is 3.37. The molecular weight excluding hydrogens is 224 g/mol. The summed E-state index contributed by atoms with van der Waals surface area (Å²) in [5.74, 6) is -0.252. The van der Waals surface area contributed by atoms with Gasteiger partial charge in [-0.3, -0.25) is 0 Å². The van der Waals surface area contributed by atoms with E-state index in [2.05, 4.69) is 25.9 Å². The van der Waals surface area contributed by atoms with Crippen LogP contribution in [0.3, 0.4) is 0 Å². The smallest absolute Gasteiger partial charge is 0.358 e. The molecule has 0 atom stereocenters. The summed E-state index contributed by atoms with van der Waals surface area (Å²) >= 11 is 0. The van der Waals surface area contributed by atoms with Crippen LogP contribution < -0.4 is 5.43 Å². The normalized spacial score (nSPS) is 13.8. The molecule has 0 spiro atoms. The summed E-state index contributed by atoms with van der Waals surface area (Å²) in [7, 11) is 0. The molecule has 0 aliphatic carbocycles. The first-order valence-corrected chi connectivity index (χ1v) is 4.75. The SMILES string of the molecule is O=[N+]([O-])C1=NNc2c(ccc3n[nH]nc23)C=C1. The summed E-state index contributed by atoms with van der Waals surface area (Å²) in [6.07, 6.45) is 2.95. The average Bonchev–Trinajstić information content (AvgIpc) is 2.67. The highest BCUT2D eigenvalue weighted by atomic mass is 16.6. The van der Waals surface area contributed by atoms with Gasteiger partial charge in [-0.1, -0.05) is 6.07 Å². The monoisotopic (exact) mass is 230 g/mol. The van der Waals surface area contributed by atoms with Crippen LogP contribution in [0.15, 0.2) is 23.3 Å². The summed E-state index contributed by atoms with van der Waals surface area (Å²) in [6, 6.07) is 3.57. The predicted octanol–water partition coefficient (Wildman–Crippen LogP) is 0.987. The van der Waals surface area contributed by atoms with E-state index in [-0.39, 0.29) is 5.84 Å². The summed E-state index contributed by atoms with van der Waals surface area (Å²) < 4.78 is 0. The van der Waals surface area contributed by atoms with Crippen molar-refractivity contribution < 1.29 is 4.92 Å². The van der Waals surface area contributed by atoms with E-state index in [1.165, 1.54) is 6.08 Å². The van der Waals surface area contributed by atoms with Crippen molar-refractivity contribution in [2.75, 3.05) is 5.43 Å². The first kappa shape index (κ1) is 9.46. The maximum Gasteiger partial charge on any atom is 0.388 e. The zero-order valence-corrected chi connectivity index (χ0v) is 8.41. The molecule has 0 saturated heterocycles. The standard InChI is InChI=1S/C9H6N6O2/c16-15(17)7-4-2-5-1-3-6-9(13-14-10-6)8(5)12-11-7/h1-4,12H,(H,10,13,14). The van der Waals surface area contributed by atoms with Gasteiger partial charge in [-0.2, -0.15) is 20.8 Å². The van der Waals surface area contributed by atoms with Crippen LogP contribution in [0, 0.1) is 10.1 Å². The number of nitro groups is 1. The summed E-state index contributed by atoms with van der Waals surface area (Å²) in [5, 5.41) is 24.7. The van der Waals surface area contributed by atoms with E-state index in [0.717, 1.165) is 5.56 Å². The van der Waals surface area contributed by atoms with Gasteiger partial charge in [0.1, 0.15) is 16.7 Å². The number of benzene rings is 1. The van der Waals surface area contributed by atoms with Crippen molar-refractivity contribution in [2.45, 2.75) is 0 Å². The number of fused-ring (bicyclic) bond motifs is 3. The molecule has 0 unspecified atom stereocenters. The van der Waals surface area contributed by atoms with Crippen molar-refractivity contribution in [3.63, 3.8) is 0 Å². The molecule has 1 aromatic heterocycles. The van der Waals surface area contributed by atoms with E-state index in [4.69, 9.17) is 0 Å². The molecule has 2 aromatic rings. The van der Waals surface area contributed by atoms with E-state index in [0.29, 0.717) is 16.7 Å². The quantitative estimate of drug-likeness (QED) is 0.518. The zero-order valence-electron chi connectivity index (χ0n) is 8.41. The van der Waals surface area contributed by atoms with Gasteiger partial charge < -0.3 is 10.1 Å². The molecule has 0 bridgehead atoms. The summed E-state index contributed by atoms with van der Waals surface area (Å²) in [4.78, 5) is 10.1. The minimum Gasteiger partial charge on any atom is -0.358 e. The molecule has 1 aliphatic rings. The molecule has 17 heavy (non-hydrogen) atoms. The Morgan fingerprint density at radius 2 is 2.12 bits per heavy atom. The van der Waals surface area contributed by atoms with Crippen molar-refractivity contribution >= 4 is 28.6 Å². The fraction of sp³-hybridized carbons (Fsp3) is 0. The van der Waals surface area contributed by atoms with Crippen LogP contribution in [0.5, 0.6) is 0 Å². The zero-order chi connectivity index (χ0) is 11.8. The molecule has 2 N–H and O–H groups in total. The average molecular weight is 230 g/mol. The number of anilines is 1. The molecule has 84 valence electrons. The van der Waals surface area contributed by atoms with Crippen LogP contribution >= 0.6 is 0 Å². The Balaban J connectivity index is 2.19. The van der Waals surface area contributed by atoms with E-state index >= 15 is 0 Å². The largest absolute Gasteiger partial charge is 0.388 e. The Bertz CT molecular complexity index is 671. The Kier molecular flexibility index (Phi) is 1.87. The molecule has 2 heterocycles. The molecule has 8 heteroatoms. The van der Waals surface area contributed by atoms with Gasteiger partial charge >= 0.3 is 5.84 Å². The van der Waals surface area contributed by atoms with Crippen LogP contribution in [-0.2, 0) is 0 Å². The van der Waals surface area contributed by atoms with Crippen LogP contribution in [0.25, 0.3) is 17.1 Å². The third kappa shape index (κ3) is 1.42. The molecule has 1 aromatic carbocycles. The number of hydrazone groups is 1. The minimum absolute atomic E-state index is 0.252. The number of aromatic nitrogens is 3. The number of hydrogen-bond donors (Lipinski definition) is 2. The lowest BCUT2D eigenvalue weighted by Gasteiger charge is -1.99. The molecule has 1 aliphatic heterocycles. The number of nitrogens with one attached hydrogen (secondary N) is 2. The van der Waals surface area contributed by atoms with Gasteiger partial charge in [-0.25, -0.2) is 0 Å². The maximum atomic E-state index is 10.6. The first-order chi connectivity index (χ1) is 8.25. The van der Waals surface area contributed by atoms with Gasteiger partial charge in [-0.05, 0) is 17.1 Å². The lowest BCUT2D eigenvalue weighted by atomic mass is 10.1. The Morgan fingerprint density at radius 3 is 2.94 bits per heavy atom. The fourth-order valence-corrected chi connectivity index (χ4v) is 1.60. The third-order valence-electron chi connectivity index (χ3n) is 2.40. The number of nitrogens with zero attached hydrogens (tertiary/aromatic N) is 4. The highest BCUT2D eigenvalue weighted by Gasteiger charge is 2.17. The molecule has 3 rings (SSSR count). The molecule has 0 amide bonds. The van der Waals surface area contributed by atoms with E-state index in [1.54, 1.807) is 18.2 Å². The Labute approximate surface area is 94.2 Å². The van der Waals surface area contributed by atoms with Crippen molar-refractivity contribution in [3.8, 4) is 0 Å². The molecule has 0 radical (unpaired) electrons. The number of hydrogen-bond acceptors (Lipinski definition) is 6. The lowest BCUT2D eigenvalue weighted by Crippen LogP contribution is -2.09. The molecule has 8 nitrogen and oxygen atoms in total. The van der Waals surface area contributed by atoms with E-state index in [1.807, 2.05) is 0 Å². The van der Waals surface area contributed by atoms with Crippen molar-refractivity contribution in [3.05, 3.63) is 33.9 Å². The number of H-pyrrole nitrogens is 1. The second-order valence-corrected chi connectivity index (χ2v) is 3.39. The first-order valence-electron chi connectivity index (χ1n) is 4.75. The van der Waals surface area contributed by atoms with Gasteiger partial charge in [0.25, 0.3) is 0 Å². The topological polar surface area (TPSA) is 109 Å². The maximum absolute atomic E-state index is 10.6. The van der Waals surface area contributed by atoms with Crippen LogP contribution in [0.2, 0.25) is 0 Å². The van der Waals surface area contributed by atoms with Gasteiger partial charge in [0.15, 0.2) is 0 Å². The van der Waals surface area contributed by atoms with Crippen molar-refractivity contribution in [2.24, 2.45) is 5.10 Å². The molecular formula is C9H6N6O2. The van der Waals surface area contributed by atoms with Crippen LogP contribution in [0.1, 0.15) is 5.56 Å². The Hall–Kier alpha value is -2.77. The van der Waals surface area contributed by atoms with Gasteiger partial charge in [-0.15, -0.1) is 0 Å². The van der Waals surface area contributed by atoms with E-state index in [9.17, 15) is 10.1 Å². The summed E-state index contributed by atoms with van der Waals surface area (Å²) in [6.45, 7) is 0. The van der Waals surface area contributed by atoms with Crippen molar-refractivity contribution in [1.29, 1.82) is 0 Å². The predicted molar refractivity (Wildman–Crippen MR) is 61.0 cm³/mol. The number of amidine groups is 1. The highest BCUT2D eigenvalue weighted by Crippen LogP contribution is 2.26. The summed E-state index contributed by atoms with van der Waals surface area (Å²) in [5.41, 5.74) is 5.29. The second-order valence-electron chi connectivity index (χ2n) is 3.39. The Morgan fingerprint density at radius 1 is 1.24 bits per heavy atom. The minimum atomic E-state index is -0.560. The van der Waals surface area contributed by atoms with E-state index < -0.39 is 4.92 Å². The van der Waals surface area contributed by atoms with Crippen molar-refractivity contribution in [1.82, 2.24) is 15.4 Å². The lowest BCUT2D eigenvalue weighted by molar-refractivity contribution is -0.348. The van der Waals surface area contributed by atoms with Gasteiger partial charge in [0.2, 0.25) is 0 Å². The number of aromatic amines is 1. The molecule has 0 saturated carbocycles. The van der Waals surface area contributed by atoms with Crippen LogP contribution in [-0.4, -0.2) is 26.2 Å². The fourth-order valence-electron chi connectivity index (χ4n) is 1.60. The molecule has 0 fully saturated rings. The third-order valence-corrected chi connectivity index (χ3v) is 2.40. The van der Waals surface area contributed by atoms with Gasteiger partial charge in [0, 0.05) is 11.6 Å². The van der Waals surface area contributed by atoms with Crippen LogP contribution in [0.4, 0.5) is 5.69 Å².